The summed E-state index contributed by atoms with van der Waals surface area (Å²) in [5.41, 5.74) is 3.16. The number of nitrogens with one attached hydrogen (secondary N) is 2. The molecule has 2 aromatic carbocycles. The van der Waals surface area contributed by atoms with Gasteiger partial charge < -0.3 is 25.0 Å². The molecule has 2 aromatic rings. The molecule has 0 aromatic heterocycles. The van der Waals surface area contributed by atoms with Crippen LogP contribution in [0.1, 0.15) is 30.4 Å². The highest BCUT2D eigenvalue weighted by atomic mass is 16.5. The summed E-state index contributed by atoms with van der Waals surface area (Å²) >= 11 is 0. The maximum Gasteiger partial charge on any atom is 0.226 e. The lowest BCUT2D eigenvalue weighted by atomic mass is 10.1. The van der Waals surface area contributed by atoms with Crippen LogP contribution in [0.3, 0.4) is 0 Å². The Hall–Kier alpha value is -3.22. The summed E-state index contributed by atoms with van der Waals surface area (Å²) in [5.74, 6) is 2.33. The Balaban J connectivity index is 1.52. The van der Waals surface area contributed by atoms with Crippen molar-refractivity contribution in [3.8, 4) is 11.5 Å². The topological polar surface area (TPSA) is 75.2 Å². The zero-order valence-electron chi connectivity index (χ0n) is 17.9. The van der Waals surface area contributed by atoms with Crippen molar-refractivity contribution in [1.29, 1.82) is 0 Å². The van der Waals surface area contributed by atoms with Crippen molar-refractivity contribution >= 4 is 17.6 Å². The second-order valence-electron chi connectivity index (χ2n) is 7.14. The summed E-state index contributed by atoms with van der Waals surface area (Å²) < 4.78 is 10.6. The molecule has 1 saturated heterocycles. The average molecular weight is 411 g/mol. The molecule has 160 valence electrons. The Labute approximate surface area is 178 Å². The van der Waals surface area contributed by atoms with E-state index in [2.05, 4.69) is 15.6 Å². The van der Waals surface area contributed by atoms with E-state index in [1.165, 1.54) is 0 Å². The van der Waals surface area contributed by atoms with Crippen LogP contribution >= 0.6 is 0 Å². The lowest BCUT2D eigenvalue weighted by Gasteiger charge is -2.26. The quantitative estimate of drug-likeness (QED) is 0.542. The smallest absolute Gasteiger partial charge is 0.226 e. The molecule has 1 heterocycles. The molecule has 1 amide bonds. The zero-order valence-corrected chi connectivity index (χ0v) is 17.9. The minimum absolute atomic E-state index is 0.215. The first kappa shape index (κ1) is 21.5. The number of benzene rings is 2. The van der Waals surface area contributed by atoms with E-state index >= 15 is 0 Å². The number of hydrogen-bond acceptors (Lipinski definition) is 4. The number of methoxy groups -OCH3 is 2. The predicted octanol–water partition coefficient (Wildman–Crippen LogP) is 3.09. The number of anilines is 1. The molecule has 0 bridgehead atoms. The Kier molecular flexibility index (Phi) is 7.54. The van der Waals surface area contributed by atoms with E-state index in [9.17, 15) is 4.79 Å². The lowest BCUT2D eigenvalue weighted by molar-refractivity contribution is -0.119. The van der Waals surface area contributed by atoms with Crippen molar-refractivity contribution in [1.82, 2.24) is 10.6 Å². The summed E-state index contributed by atoms with van der Waals surface area (Å²) in [6.07, 6.45) is 2.70. The summed E-state index contributed by atoms with van der Waals surface area (Å²) in [6.45, 7) is 2.05. The molecule has 1 aliphatic rings. The first-order valence-electron chi connectivity index (χ1n) is 10.2. The van der Waals surface area contributed by atoms with Gasteiger partial charge in [-0.2, -0.15) is 0 Å². The maximum absolute atomic E-state index is 12.1. The number of nitrogens with zero attached hydrogens (tertiary/aromatic N) is 2. The van der Waals surface area contributed by atoms with Gasteiger partial charge in [-0.3, -0.25) is 9.79 Å². The van der Waals surface area contributed by atoms with Crippen LogP contribution in [0.4, 0.5) is 5.69 Å². The predicted molar refractivity (Wildman–Crippen MR) is 119 cm³/mol. The van der Waals surface area contributed by atoms with Gasteiger partial charge in [0.1, 0.15) is 0 Å². The standard InChI is InChI=1S/C23H30N4O3/c1-24-23(26-16-18-9-12-20(29-2)21(14-18)30-3)25-15-17-7-10-19(11-8-17)27-13-5-4-6-22(27)28/h7-12,14H,4-6,13,15-16H2,1-3H3,(H2,24,25,26). The molecule has 7 heteroatoms. The number of ether oxygens (including phenoxy) is 2. The number of amides is 1. The van der Waals surface area contributed by atoms with E-state index in [-0.39, 0.29) is 5.91 Å². The number of carbonyl (C=O) groups excluding carboxylic acids is 1. The van der Waals surface area contributed by atoms with Gasteiger partial charge in [0.2, 0.25) is 5.91 Å². The van der Waals surface area contributed by atoms with E-state index < -0.39 is 0 Å². The van der Waals surface area contributed by atoms with Gasteiger partial charge >= 0.3 is 0 Å². The fraction of sp³-hybridized carbons (Fsp3) is 0.391. The normalized spacial score (nSPS) is 14.4. The number of rotatable bonds is 7. The molecule has 2 N–H and O–H groups in total. The molecule has 0 saturated carbocycles. The highest BCUT2D eigenvalue weighted by molar-refractivity contribution is 5.93. The van der Waals surface area contributed by atoms with E-state index in [1.54, 1.807) is 21.3 Å². The third-order valence-electron chi connectivity index (χ3n) is 5.16. The number of carbonyl (C=O) groups is 1. The number of hydrogen-bond donors (Lipinski definition) is 2. The van der Waals surface area contributed by atoms with Crippen molar-refractivity contribution in [3.05, 3.63) is 53.6 Å². The van der Waals surface area contributed by atoms with Gasteiger partial charge in [0.05, 0.1) is 14.2 Å². The highest BCUT2D eigenvalue weighted by Gasteiger charge is 2.19. The molecule has 1 fully saturated rings. The van der Waals surface area contributed by atoms with Gasteiger partial charge in [0.25, 0.3) is 0 Å². The molecule has 0 atom stereocenters. The van der Waals surface area contributed by atoms with E-state index in [4.69, 9.17) is 9.47 Å². The van der Waals surface area contributed by atoms with Gasteiger partial charge in [0.15, 0.2) is 17.5 Å². The van der Waals surface area contributed by atoms with Crippen LogP contribution in [0.2, 0.25) is 0 Å². The zero-order chi connectivity index (χ0) is 21.3. The fourth-order valence-corrected chi connectivity index (χ4v) is 3.46. The van der Waals surface area contributed by atoms with Crippen LogP contribution < -0.4 is 25.0 Å². The maximum atomic E-state index is 12.1. The molecule has 0 unspecified atom stereocenters. The average Bonchev–Trinajstić information content (AvgIpc) is 2.79. The first-order valence-corrected chi connectivity index (χ1v) is 10.2. The van der Waals surface area contributed by atoms with Crippen molar-refractivity contribution in [3.63, 3.8) is 0 Å². The minimum atomic E-state index is 0.215. The van der Waals surface area contributed by atoms with E-state index in [1.807, 2.05) is 47.4 Å². The molecular formula is C23H30N4O3. The van der Waals surface area contributed by atoms with Crippen molar-refractivity contribution in [2.24, 2.45) is 4.99 Å². The molecule has 30 heavy (non-hydrogen) atoms. The van der Waals surface area contributed by atoms with Crippen molar-refractivity contribution < 1.29 is 14.3 Å². The summed E-state index contributed by atoms with van der Waals surface area (Å²) in [5, 5.41) is 6.62. The number of piperidine rings is 1. The third kappa shape index (κ3) is 5.43. The van der Waals surface area contributed by atoms with Crippen LogP contribution in [0.5, 0.6) is 11.5 Å². The Morgan fingerprint density at radius 2 is 1.63 bits per heavy atom. The molecular weight excluding hydrogens is 380 g/mol. The van der Waals surface area contributed by atoms with Gasteiger partial charge in [-0.25, -0.2) is 0 Å². The van der Waals surface area contributed by atoms with Crippen LogP contribution in [0.25, 0.3) is 0 Å². The van der Waals surface area contributed by atoms with E-state index in [0.717, 1.165) is 36.2 Å². The third-order valence-corrected chi connectivity index (χ3v) is 5.16. The van der Waals surface area contributed by atoms with Gasteiger partial charge in [0, 0.05) is 38.8 Å². The Morgan fingerprint density at radius 3 is 2.27 bits per heavy atom. The summed E-state index contributed by atoms with van der Waals surface area (Å²) in [6, 6.07) is 13.9. The molecule has 0 spiro atoms. The number of guanidine groups is 1. The fourth-order valence-electron chi connectivity index (χ4n) is 3.46. The van der Waals surface area contributed by atoms with Crippen LogP contribution in [0, 0.1) is 0 Å². The number of aliphatic imine (C=N–C) groups is 1. The molecule has 0 radical (unpaired) electrons. The second kappa shape index (κ2) is 10.5. The summed E-state index contributed by atoms with van der Waals surface area (Å²) in [4.78, 5) is 18.2. The van der Waals surface area contributed by atoms with Crippen molar-refractivity contribution in [2.45, 2.75) is 32.4 Å². The second-order valence-corrected chi connectivity index (χ2v) is 7.14. The first-order chi connectivity index (χ1) is 14.6. The van der Waals surface area contributed by atoms with Crippen molar-refractivity contribution in [2.75, 3.05) is 32.7 Å². The molecule has 7 nitrogen and oxygen atoms in total. The van der Waals surface area contributed by atoms with Gasteiger partial charge in [-0.15, -0.1) is 0 Å². The summed E-state index contributed by atoms with van der Waals surface area (Å²) in [7, 11) is 5.00. The van der Waals surface area contributed by atoms with Crippen LogP contribution in [-0.2, 0) is 17.9 Å². The minimum Gasteiger partial charge on any atom is -0.493 e. The molecule has 1 aliphatic heterocycles. The SMILES string of the molecule is CN=C(NCc1ccc(N2CCCCC2=O)cc1)NCc1ccc(OC)c(OC)c1. The largest absolute Gasteiger partial charge is 0.493 e. The lowest BCUT2D eigenvalue weighted by Crippen LogP contribution is -2.36. The molecule has 3 rings (SSSR count). The van der Waals surface area contributed by atoms with Gasteiger partial charge in [-0.1, -0.05) is 18.2 Å². The van der Waals surface area contributed by atoms with E-state index in [0.29, 0.717) is 37.0 Å². The highest BCUT2D eigenvalue weighted by Crippen LogP contribution is 2.27. The van der Waals surface area contributed by atoms with Gasteiger partial charge in [-0.05, 0) is 48.2 Å². The Bertz CT molecular complexity index is 881. The molecule has 0 aliphatic carbocycles. The monoisotopic (exact) mass is 410 g/mol. The van der Waals surface area contributed by atoms with Crippen LogP contribution in [-0.4, -0.2) is 39.7 Å². The van der Waals surface area contributed by atoms with Crippen LogP contribution in [0.15, 0.2) is 47.5 Å². The Morgan fingerprint density at radius 1 is 0.967 bits per heavy atom.